The predicted octanol–water partition coefficient (Wildman–Crippen LogP) is 3.20. The number of hydrogen-bond donors (Lipinski definition) is 0. The van der Waals surface area contributed by atoms with E-state index >= 15 is 0 Å². The number of carbonyl (C=O) groups excluding carboxylic acids is 1. The zero-order valence-corrected chi connectivity index (χ0v) is 14.6. The van der Waals surface area contributed by atoms with Gasteiger partial charge in [0.05, 0.1) is 11.7 Å². The molecule has 24 heavy (non-hydrogen) atoms. The van der Waals surface area contributed by atoms with Crippen LogP contribution < -0.4 is 0 Å². The number of rotatable bonds is 4. The predicted molar refractivity (Wildman–Crippen MR) is 92.2 cm³/mol. The van der Waals surface area contributed by atoms with Crippen LogP contribution in [0.2, 0.25) is 0 Å². The average Bonchev–Trinajstić information content (AvgIpc) is 2.92. The molecule has 4 fully saturated rings. The Morgan fingerprint density at radius 1 is 1.29 bits per heavy atom. The van der Waals surface area contributed by atoms with E-state index in [-0.39, 0.29) is 17.6 Å². The molecule has 1 aromatic carbocycles. The zero-order valence-electron chi connectivity index (χ0n) is 14.6. The van der Waals surface area contributed by atoms with Crippen LogP contribution in [0.25, 0.3) is 0 Å². The van der Waals surface area contributed by atoms with Crippen LogP contribution in [0, 0.1) is 17.3 Å². The second-order valence-corrected chi connectivity index (χ2v) is 8.31. The molecule has 0 radical (unpaired) electrons. The first-order valence-electron chi connectivity index (χ1n) is 8.89. The third kappa shape index (κ3) is 2.30. The van der Waals surface area contributed by atoms with Gasteiger partial charge in [-0.1, -0.05) is 44.2 Å². The van der Waals surface area contributed by atoms with E-state index in [9.17, 15) is 4.79 Å². The molecule has 3 aliphatic carbocycles. The lowest BCUT2D eigenvalue weighted by molar-refractivity contribution is -0.199. The maximum atomic E-state index is 10.9. The van der Waals surface area contributed by atoms with Crippen molar-refractivity contribution >= 4 is 13.2 Å². The highest BCUT2D eigenvalue weighted by Gasteiger charge is 2.68. The topological polar surface area (TPSA) is 47.9 Å². The summed E-state index contributed by atoms with van der Waals surface area (Å²) in [5.41, 5.74) is 1.17. The smallest absolute Gasteiger partial charge is 0.404 e. The standard InChI is InChI=1S/C19H24BNO3/c1-18(2)14-10-15(18)19(3)16(11-14)23-20(24-19)17(21-12-22)9-13-7-5-4-6-8-13/h4-8,14-17H,9-11H2,1-3H3/t14-,15-,16+,17-,19-/m0/s1. The van der Waals surface area contributed by atoms with Crippen LogP contribution in [-0.2, 0) is 20.5 Å². The van der Waals surface area contributed by atoms with Gasteiger partial charge in [-0.05, 0) is 49.0 Å². The Balaban J connectivity index is 1.55. The van der Waals surface area contributed by atoms with Gasteiger partial charge in [-0.25, -0.2) is 9.79 Å². The molecule has 3 saturated carbocycles. The number of isocyanates is 1. The molecule has 5 atom stereocenters. The van der Waals surface area contributed by atoms with E-state index in [1.807, 2.05) is 30.3 Å². The minimum atomic E-state index is -0.461. The van der Waals surface area contributed by atoms with E-state index in [0.717, 1.165) is 12.0 Å². The van der Waals surface area contributed by atoms with Crippen LogP contribution >= 0.6 is 0 Å². The molecule has 4 aliphatic rings. The molecule has 0 unspecified atom stereocenters. The first-order chi connectivity index (χ1) is 11.4. The Morgan fingerprint density at radius 3 is 2.71 bits per heavy atom. The van der Waals surface area contributed by atoms with Crippen molar-refractivity contribution in [3.63, 3.8) is 0 Å². The highest BCUT2D eigenvalue weighted by Crippen LogP contribution is 2.65. The Hall–Kier alpha value is -1.42. The maximum Gasteiger partial charge on any atom is 0.485 e. The molecular weight excluding hydrogens is 301 g/mol. The second kappa shape index (κ2) is 5.55. The first-order valence-corrected chi connectivity index (χ1v) is 8.89. The van der Waals surface area contributed by atoms with Crippen LogP contribution in [0.15, 0.2) is 35.3 Å². The van der Waals surface area contributed by atoms with Gasteiger partial charge in [-0.15, -0.1) is 0 Å². The molecule has 0 amide bonds. The van der Waals surface area contributed by atoms with Gasteiger partial charge in [0.1, 0.15) is 5.94 Å². The number of aliphatic imine (C=N–C) groups is 1. The SMILES string of the molecule is CC1(C)[C@@H]2C[C@H]3OB([C@H](Cc4ccccc4)N=C=O)O[C@@]3(C)[C@H]1C2. The van der Waals surface area contributed by atoms with E-state index in [2.05, 4.69) is 25.8 Å². The maximum absolute atomic E-state index is 10.9. The minimum Gasteiger partial charge on any atom is -0.404 e. The van der Waals surface area contributed by atoms with Crippen LogP contribution in [0.5, 0.6) is 0 Å². The number of hydrogen-bond acceptors (Lipinski definition) is 4. The molecule has 4 nitrogen and oxygen atoms in total. The second-order valence-electron chi connectivity index (χ2n) is 8.31. The van der Waals surface area contributed by atoms with Crippen molar-refractivity contribution in [2.75, 3.05) is 0 Å². The Kier molecular flexibility index (Phi) is 3.72. The summed E-state index contributed by atoms with van der Waals surface area (Å²) in [5, 5.41) is 0. The summed E-state index contributed by atoms with van der Waals surface area (Å²) in [6, 6.07) is 10.0. The lowest BCUT2D eigenvalue weighted by atomic mass is 9.43. The number of benzene rings is 1. The van der Waals surface area contributed by atoms with Gasteiger partial charge < -0.3 is 9.31 Å². The number of nitrogens with zero attached hydrogens (tertiary/aromatic N) is 1. The fourth-order valence-electron chi connectivity index (χ4n) is 5.19. The fraction of sp³-hybridized carbons (Fsp3) is 0.632. The minimum absolute atomic E-state index is 0.111. The summed E-state index contributed by atoms with van der Waals surface area (Å²) in [7, 11) is -0.461. The summed E-state index contributed by atoms with van der Waals surface area (Å²) < 4.78 is 12.7. The van der Waals surface area contributed by atoms with E-state index < -0.39 is 7.12 Å². The molecule has 1 heterocycles. The van der Waals surface area contributed by atoms with E-state index in [0.29, 0.717) is 23.7 Å². The highest BCUT2D eigenvalue weighted by atomic mass is 16.7. The van der Waals surface area contributed by atoms with Gasteiger partial charge in [0.25, 0.3) is 0 Å². The summed E-state index contributed by atoms with van der Waals surface area (Å²) in [5.74, 6) is 0.883. The Morgan fingerprint density at radius 2 is 2.04 bits per heavy atom. The van der Waals surface area contributed by atoms with Crippen molar-refractivity contribution in [1.29, 1.82) is 0 Å². The van der Waals surface area contributed by atoms with Gasteiger partial charge >= 0.3 is 7.12 Å². The monoisotopic (exact) mass is 325 g/mol. The van der Waals surface area contributed by atoms with Gasteiger partial charge in [0, 0.05) is 0 Å². The molecule has 0 N–H and O–H groups in total. The first kappa shape index (κ1) is 16.1. The normalized spacial score (nSPS) is 37.1. The van der Waals surface area contributed by atoms with Gasteiger partial charge in [-0.3, -0.25) is 0 Å². The van der Waals surface area contributed by atoms with Crippen LogP contribution in [0.4, 0.5) is 0 Å². The summed E-state index contributed by atoms with van der Waals surface area (Å²) in [6.45, 7) is 6.87. The molecule has 5 rings (SSSR count). The van der Waals surface area contributed by atoms with Crippen molar-refractivity contribution in [2.45, 2.75) is 57.7 Å². The van der Waals surface area contributed by atoms with Crippen molar-refractivity contribution in [3.8, 4) is 0 Å². The molecule has 5 heteroatoms. The van der Waals surface area contributed by atoms with E-state index in [4.69, 9.17) is 9.31 Å². The molecule has 1 aliphatic heterocycles. The molecule has 1 aromatic rings. The molecule has 0 aromatic heterocycles. The van der Waals surface area contributed by atoms with Crippen LogP contribution in [-0.4, -0.2) is 30.8 Å². The molecular formula is C19H24BNO3. The molecule has 2 bridgehead atoms. The lowest BCUT2D eigenvalue weighted by Gasteiger charge is -2.64. The Labute approximate surface area is 143 Å². The van der Waals surface area contributed by atoms with Crippen LogP contribution in [0.1, 0.15) is 39.2 Å². The third-order valence-corrected chi connectivity index (χ3v) is 6.79. The zero-order chi connectivity index (χ0) is 16.9. The van der Waals surface area contributed by atoms with Crippen molar-refractivity contribution in [1.82, 2.24) is 0 Å². The summed E-state index contributed by atoms with van der Waals surface area (Å²) in [6.07, 6.45) is 4.71. The largest absolute Gasteiger partial charge is 0.485 e. The lowest BCUT2D eigenvalue weighted by Crippen LogP contribution is -2.65. The Bertz CT molecular complexity index is 672. The van der Waals surface area contributed by atoms with E-state index in [1.165, 1.54) is 6.42 Å². The van der Waals surface area contributed by atoms with Crippen molar-refractivity contribution in [2.24, 2.45) is 22.2 Å². The van der Waals surface area contributed by atoms with Crippen molar-refractivity contribution in [3.05, 3.63) is 35.9 Å². The molecule has 126 valence electrons. The average molecular weight is 325 g/mol. The third-order valence-electron chi connectivity index (χ3n) is 6.79. The van der Waals surface area contributed by atoms with Gasteiger partial charge in [-0.2, -0.15) is 0 Å². The summed E-state index contributed by atoms with van der Waals surface area (Å²) >= 11 is 0. The fourth-order valence-corrected chi connectivity index (χ4v) is 5.19. The summed E-state index contributed by atoms with van der Waals surface area (Å²) in [4.78, 5) is 14.9. The van der Waals surface area contributed by atoms with Gasteiger partial charge in [0.2, 0.25) is 6.08 Å². The van der Waals surface area contributed by atoms with Gasteiger partial charge in [0.15, 0.2) is 0 Å². The van der Waals surface area contributed by atoms with Crippen LogP contribution in [0.3, 0.4) is 0 Å². The quantitative estimate of drug-likeness (QED) is 0.485. The molecule has 1 saturated heterocycles. The highest BCUT2D eigenvalue weighted by molar-refractivity contribution is 6.47. The van der Waals surface area contributed by atoms with E-state index in [1.54, 1.807) is 6.08 Å². The molecule has 0 spiro atoms. The van der Waals surface area contributed by atoms with Crippen molar-refractivity contribution < 1.29 is 14.1 Å².